The Bertz CT molecular complexity index is 662. The largest absolute Gasteiger partial charge is 0.370 e. The number of pyridine rings is 1. The summed E-state index contributed by atoms with van der Waals surface area (Å²) in [6.07, 6.45) is 2.31. The number of carbonyl (C=O) groups is 1. The Morgan fingerprint density at radius 2 is 1.95 bits per heavy atom. The van der Waals surface area contributed by atoms with E-state index in [9.17, 15) is 4.79 Å². The van der Waals surface area contributed by atoms with Crippen molar-refractivity contribution in [3.8, 4) is 6.07 Å². The van der Waals surface area contributed by atoms with Crippen LogP contribution in [0, 0.1) is 11.3 Å². The number of nitrogens with zero attached hydrogens (tertiary/aromatic N) is 2. The summed E-state index contributed by atoms with van der Waals surface area (Å²) in [7, 11) is 0. The minimum atomic E-state index is -0.0796. The van der Waals surface area contributed by atoms with Gasteiger partial charge in [0.1, 0.15) is 11.9 Å². The molecule has 0 saturated heterocycles. The molecule has 0 spiro atoms. The standard InChI is InChI=1S/C16H15BrN4O/c17-14-5-3-13(4-6-14)16(22)20-9-1-8-19-15-7-2-12(10-18)11-21-15/h2-7,11H,1,8-9H2,(H,19,21)(H,20,22). The van der Waals surface area contributed by atoms with Gasteiger partial charge in [-0.3, -0.25) is 4.79 Å². The number of benzene rings is 1. The maximum Gasteiger partial charge on any atom is 0.251 e. The third-order valence-electron chi connectivity index (χ3n) is 2.94. The minimum absolute atomic E-state index is 0.0796. The number of halogens is 1. The highest BCUT2D eigenvalue weighted by molar-refractivity contribution is 9.10. The average Bonchev–Trinajstić information content (AvgIpc) is 2.55. The van der Waals surface area contributed by atoms with E-state index in [-0.39, 0.29) is 5.91 Å². The van der Waals surface area contributed by atoms with Crippen LogP contribution in [-0.2, 0) is 0 Å². The Labute approximate surface area is 137 Å². The van der Waals surface area contributed by atoms with Crippen LogP contribution in [0.25, 0.3) is 0 Å². The molecule has 0 bridgehead atoms. The number of aromatic nitrogens is 1. The molecule has 0 aliphatic heterocycles. The van der Waals surface area contributed by atoms with Crippen molar-refractivity contribution in [2.24, 2.45) is 0 Å². The van der Waals surface area contributed by atoms with E-state index in [4.69, 9.17) is 5.26 Å². The van der Waals surface area contributed by atoms with Crippen LogP contribution in [0.3, 0.4) is 0 Å². The van der Waals surface area contributed by atoms with E-state index in [1.165, 1.54) is 6.20 Å². The van der Waals surface area contributed by atoms with Crippen molar-refractivity contribution in [3.05, 3.63) is 58.2 Å². The van der Waals surface area contributed by atoms with Crippen molar-refractivity contribution in [1.82, 2.24) is 10.3 Å². The molecule has 5 nitrogen and oxygen atoms in total. The fourth-order valence-electron chi connectivity index (χ4n) is 1.77. The Hall–Kier alpha value is -2.39. The zero-order chi connectivity index (χ0) is 15.8. The van der Waals surface area contributed by atoms with Crippen LogP contribution in [0.15, 0.2) is 47.1 Å². The molecule has 0 radical (unpaired) electrons. The lowest BCUT2D eigenvalue weighted by atomic mass is 10.2. The van der Waals surface area contributed by atoms with Gasteiger partial charge in [0.25, 0.3) is 5.91 Å². The first-order valence-electron chi connectivity index (χ1n) is 6.83. The maximum atomic E-state index is 11.9. The molecular weight excluding hydrogens is 344 g/mol. The Balaban J connectivity index is 1.67. The summed E-state index contributed by atoms with van der Waals surface area (Å²) in [4.78, 5) is 16.0. The highest BCUT2D eigenvalue weighted by atomic mass is 79.9. The second-order valence-electron chi connectivity index (χ2n) is 4.59. The molecule has 0 unspecified atom stereocenters. The first kappa shape index (κ1) is 16.0. The normalized spacial score (nSPS) is 9.82. The quantitative estimate of drug-likeness (QED) is 0.778. The number of rotatable bonds is 6. The molecule has 0 atom stereocenters. The van der Waals surface area contributed by atoms with Gasteiger partial charge in [-0.2, -0.15) is 5.26 Å². The van der Waals surface area contributed by atoms with Gasteiger partial charge in [0.15, 0.2) is 0 Å². The molecule has 0 aliphatic rings. The van der Waals surface area contributed by atoms with Crippen molar-refractivity contribution >= 4 is 27.7 Å². The Morgan fingerprint density at radius 3 is 2.59 bits per heavy atom. The number of anilines is 1. The first-order chi connectivity index (χ1) is 10.7. The van der Waals surface area contributed by atoms with Gasteiger partial charge in [0.05, 0.1) is 5.56 Å². The predicted octanol–water partition coefficient (Wildman–Crippen LogP) is 2.95. The van der Waals surface area contributed by atoms with Gasteiger partial charge in [-0.1, -0.05) is 15.9 Å². The van der Waals surface area contributed by atoms with Gasteiger partial charge < -0.3 is 10.6 Å². The maximum absolute atomic E-state index is 11.9. The van der Waals surface area contributed by atoms with E-state index in [1.54, 1.807) is 24.3 Å². The minimum Gasteiger partial charge on any atom is -0.370 e. The fraction of sp³-hybridized carbons (Fsp3) is 0.188. The molecule has 0 aliphatic carbocycles. The molecule has 1 heterocycles. The first-order valence-corrected chi connectivity index (χ1v) is 7.62. The van der Waals surface area contributed by atoms with Crippen LogP contribution < -0.4 is 10.6 Å². The molecule has 1 amide bonds. The topological polar surface area (TPSA) is 77.8 Å². The van der Waals surface area contributed by atoms with Gasteiger partial charge in [-0.25, -0.2) is 4.98 Å². The average molecular weight is 359 g/mol. The van der Waals surface area contributed by atoms with E-state index in [2.05, 4.69) is 31.5 Å². The van der Waals surface area contributed by atoms with Crippen LogP contribution in [0.2, 0.25) is 0 Å². The smallest absolute Gasteiger partial charge is 0.251 e. The van der Waals surface area contributed by atoms with Gasteiger partial charge in [-0.05, 0) is 42.8 Å². The molecular formula is C16H15BrN4O. The number of hydrogen-bond acceptors (Lipinski definition) is 4. The molecule has 22 heavy (non-hydrogen) atoms. The summed E-state index contributed by atoms with van der Waals surface area (Å²) < 4.78 is 0.947. The van der Waals surface area contributed by atoms with Gasteiger partial charge in [0.2, 0.25) is 0 Å². The molecule has 1 aromatic heterocycles. The van der Waals surface area contributed by atoms with Crippen LogP contribution in [0.4, 0.5) is 5.82 Å². The summed E-state index contributed by atoms with van der Waals surface area (Å²) >= 11 is 3.34. The third kappa shape index (κ3) is 4.86. The van der Waals surface area contributed by atoms with E-state index >= 15 is 0 Å². The van der Waals surface area contributed by atoms with Gasteiger partial charge in [0, 0.05) is 29.3 Å². The van der Waals surface area contributed by atoms with Crippen molar-refractivity contribution < 1.29 is 4.79 Å². The lowest BCUT2D eigenvalue weighted by Crippen LogP contribution is -2.25. The van der Waals surface area contributed by atoms with Crippen LogP contribution in [0.1, 0.15) is 22.3 Å². The second kappa shape index (κ2) is 8.15. The Morgan fingerprint density at radius 1 is 1.18 bits per heavy atom. The molecule has 1 aromatic carbocycles. The number of carbonyl (C=O) groups excluding carboxylic acids is 1. The van der Waals surface area contributed by atoms with Crippen LogP contribution in [0.5, 0.6) is 0 Å². The molecule has 112 valence electrons. The Kier molecular flexibility index (Phi) is 5.92. The van der Waals surface area contributed by atoms with Crippen molar-refractivity contribution in [3.63, 3.8) is 0 Å². The zero-order valence-corrected chi connectivity index (χ0v) is 13.4. The molecule has 0 saturated carbocycles. The third-order valence-corrected chi connectivity index (χ3v) is 3.47. The number of amides is 1. The lowest BCUT2D eigenvalue weighted by Gasteiger charge is -2.07. The van der Waals surface area contributed by atoms with E-state index in [0.717, 1.165) is 16.7 Å². The van der Waals surface area contributed by atoms with Gasteiger partial charge >= 0.3 is 0 Å². The molecule has 0 fully saturated rings. The molecule has 2 rings (SSSR count). The zero-order valence-electron chi connectivity index (χ0n) is 11.8. The summed E-state index contributed by atoms with van der Waals surface area (Å²) in [5.74, 6) is 0.641. The SMILES string of the molecule is N#Cc1ccc(NCCCNC(=O)c2ccc(Br)cc2)nc1. The fourth-order valence-corrected chi connectivity index (χ4v) is 2.04. The highest BCUT2D eigenvalue weighted by Crippen LogP contribution is 2.10. The molecule has 2 N–H and O–H groups in total. The summed E-state index contributed by atoms with van der Waals surface area (Å²) in [5, 5.41) is 14.7. The van der Waals surface area contributed by atoms with Crippen molar-refractivity contribution in [2.45, 2.75) is 6.42 Å². The monoisotopic (exact) mass is 358 g/mol. The number of nitrogens with one attached hydrogen (secondary N) is 2. The van der Waals surface area contributed by atoms with Crippen molar-refractivity contribution in [2.75, 3.05) is 18.4 Å². The summed E-state index contributed by atoms with van der Waals surface area (Å²) in [6.45, 7) is 1.28. The summed E-state index contributed by atoms with van der Waals surface area (Å²) in [5.41, 5.74) is 1.18. The van der Waals surface area contributed by atoms with Gasteiger partial charge in [-0.15, -0.1) is 0 Å². The number of nitriles is 1. The lowest BCUT2D eigenvalue weighted by molar-refractivity contribution is 0.0953. The predicted molar refractivity (Wildman–Crippen MR) is 88.5 cm³/mol. The number of hydrogen-bond donors (Lipinski definition) is 2. The van der Waals surface area contributed by atoms with E-state index in [1.807, 2.05) is 18.2 Å². The van der Waals surface area contributed by atoms with Crippen LogP contribution >= 0.6 is 15.9 Å². The molecule has 6 heteroatoms. The summed E-state index contributed by atoms with van der Waals surface area (Å²) in [6, 6.07) is 12.7. The second-order valence-corrected chi connectivity index (χ2v) is 5.50. The van der Waals surface area contributed by atoms with Crippen molar-refractivity contribution in [1.29, 1.82) is 5.26 Å². The van der Waals surface area contributed by atoms with Crippen LogP contribution in [-0.4, -0.2) is 24.0 Å². The van der Waals surface area contributed by atoms with E-state index < -0.39 is 0 Å². The van der Waals surface area contributed by atoms with E-state index in [0.29, 0.717) is 24.2 Å². The highest BCUT2D eigenvalue weighted by Gasteiger charge is 2.03. The molecule has 2 aromatic rings.